The summed E-state index contributed by atoms with van der Waals surface area (Å²) in [6, 6.07) is 87.6. The number of rotatable bonds is 6. The molecule has 324 valence electrons. The summed E-state index contributed by atoms with van der Waals surface area (Å²) in [4.78, 5) is 5.54. The molecule has 0 amide bonds. The van der Waals surface area contributed by atoms with E-state index in [1.807, 2.05) is 24.3 Å². The van der Waals surface area contributed by atoms with Crippen molar-refractivity contribution < 1.29 is 30.4 Å². The fourth-order valence-corrected chi connectivity index (χ4v) is 9.80. The Morgan fingerprint density at radius 2 is 0.956 bits per heavy atom. The first-order chi connectivity index (χ1) is 33.2. The third-order valence-electron chi connectivity index (χ3n) is 12.8. The zero-order valence-corrected chi connectivity index (χ0v) is 38.7. The summed E-state index contributed by atoms with van der Waals surface area (Å²) in [5.74, 6) is 1.94. The summed E-state index contributed by atoms with van der Waals surface area (Å²) in [5.41, 5.74) is 16.7. The van der Waals surface area contributed by atoms with Crippen molar-refractivity contribution in [3.05, 3.63) is 255 Å². The first-order valence-electron chi connectivity index (χ1n) is 22.5. The standard InChI is InChI=1S/C62H38N4O.Pt/c1-3-19-42(20-4-1)47-31-18-32-48(43-21-5-2-6-22-43)61(47)65-41-64(58-35-15-16-36-59(58)65)44-23-17-24-45(39-44)67-46-37-38-54-53-29-12-14-34-57(53)66(60(54)40-46)62-55-30-10-9-27-51(55)49-25-7-8-26-50(49)52-28-11-13-33-56(52)63-62;/h1-38H;/q-2;. The summed E-state index contributed by atoms with van der Waals surface area (Å²) >= 11 is 0. The molecule has 13 rings (SSSR count). The molecule has 5 nitrogen and oxygen atoms in total. The van der Waals surface area contributed by atoms with Crippen molar-refractivity contribution in [3.8, 4) is 67.4 Å². The second-order valence-electron chi connectivity index (χ2n) is 16.7. The van der Waals surface area contributed by atoms with E-state index in [0.717, 1.165) is 106 Å². The van der Waals surface area contributed by atoms with Gasteiger partial charge in [-0.25, -0.2) is 4.99 Å². The molecule has 10 aromatic carbocycles. The molecule has 12 aromatic rings. The summed E-state index contributed by atoms with van der Waals surface area (Å²) in [5, 5.41) is 2.16. The molecule has 1 aliphatic rings. The minimum absolute atomic E-state index is 0. The molecule has 0 bridgehead atoms. The van der Waals surface area contributed by atoms with E-state index in [-0.39, 0.29) is 21.1 Å². The van der Waals surface area contributed by atoms with Crippen molar-refractivity contribution >= 4 is 44.4 Å². The summed E-state index contributed by atoms with van der Waals surface area (Å²) in [7, 11) is 0. The van der Waals surface area contributed by atoms with Crippen molar-refractivity contribution in [3.63, 3.8) is 0 Å². The van der Waals surface area contributed by atoms with Gasteiger partial charge in [0, 0.05) is 49.2 Å². The topological polar surface area (TPSA) is 35.3 Å². The molecule has 0 spiro atoms. The number of fused-ring (bicyclic) bond motifs is 9. The molecule has 0 N–H and O–H groups in total. The second kappa shape index (κ2) is 17.1. The first-order valence-corrected chi connectivity index (χ1v) is 22.5. The maximum Gasteiger partial charge on any atom is 0.268 e. The fraction of sp³-hybridized carbons (Fsp3) is 0. The average molecular weight is 1050 g/mol. The normalized spacial score (nSPS) is 11.8. The van der Waals surface area contributed by atoms with Crippen molar-refractivity contribution in [2.24, 2.45) is 4.99 Å². The van der Waals surface area contributed by atoms with Crippen molar-refractivity contribution in [1.82, 2.24) is 9.13 Å². The first kappa shape index (κ1) is 41.1. The van der Waals surface area contributed by atoms with Crippen molar-refractivity contribution in [2.75, 3.05) is 0 Å². The molecular formula is C62H38N4OPt-2. The van der Waals surface area contributed by atoms with Crippen LogP contribution < -0.4 is 9.30 Å². The smallest absolute Gasteiger partial charge is 0.268 e. The van der Waals surface area contributed by atoms with Gasteiger partial charge in [0.15, 0.2) is 0 Å². The Balaban J connectivity index is 0.00000480. The molecule has 68 heavy (non-hydrogen) atoms. The Hall–Kier alpha value is -8.37. The van der Waals surface area contributed by atoms with Gasteiger partial charge in [-0.15, -0.1) is 29.7 Å². The number of ether oxygens (including phenoxy) is 1. The largest absolute Gasteiger partial charge is 0.510 e. The van der Waals surface area contributed by atoms with E-state index >= 15 is 0 Å². The fourth-order valence-electron chi connectivity index (χ4n) is 9.80. The van der Waals surface area contributed by atoms with Gasteiger partial charge in [-0.1, -0.05) is 194 Å². The Labute approximate surface area is 408 Å². The van der Waals surface area contributed by atoms with E-state index < -0.39 is 0 Å². The van der Waals surface area contributed by atoms with Crippen LogP contribution in [0.5, 0.6) is 11.5 Å². The third kappa shape index (κ3) is 6.90. The monoisotopic (exact) mass is 1050 g/mol. The zero-order valence-electron chi connectivity index (χ0n) is 36.5. The number of hydrogen-bond acceptors (Lipinski definition) is 2. The molecular weight excluding hydrogens is 1010 g/mol. The van der Waals surface area contributed by atoms with E-state index in [1.54, 1.807) is 0 Å². The number of imidazole rings is 1. The second-order valence-corrected chi connectivity index (χ2v) is 16.7. The van der Waals surface area contributed by atoms with Gasteiger partial charge in [-0.2, -0.15) is 18.2 Å². The molecule has 0 aliphatic carbocycles. The SMILES string of the molecule is [Pt].[c-]1c(Oc2[c-]c3c(cc2)c2ccccc2n3C2=Nc3ccccc3-c3ccccc3-c3ccccc32)cccc1-n1[c-][n+](-c2c(-c3ccccc3)cccc2-c2ccccc2)c2ccccc21. The van der Waals surface area contributed by atoms with Crippen LogP contribution in [0.2, 0.25) is 0 Å². The van der Waals surface area contributed by atoms with Crippen LogP contribution in [-0.4, -0.2) is 15.0 Å². The van der Waals surface area contributed by atoms with Crippen LogP contribution in [0.15, 0.2) is 236 Å². The number of benzene rings is 10. The number of nitrogens with zero attached hydrogens (tertiary/aromatic N) is 4. The van der Waals surface area contributed by atoms with Crippen LogP contribution in [-0.2, 0) is 21.1 Å². The minimum atomic E-state index is 0. The zero-order chi connectivity index (χ0) is 44.3. The Morgan fingerprint density at radius 1 is 0.412 bits per heavy atom. The Bertz CT molecular complexity index is 3850. The van der Waals surface area contributed by atoms with E-state index in [1.165, 1.54) is 0 Å². The van der Waals surface area contributed by atoms with Crippen molar-refractivity contribution in [1.29, 1.82) is 0 Å². The maximum atomic E-state index is 6.76. The van der Waals surface area contributed by atoms with E-state index in [9.17, 15) is 0 Å². The van der Waals surface area contributed by atoms with Crippen LogP contribution in [0.1, 0.15) is 5.56 Å². The van der Waals surface area contributed by atoms with Crippen LogP contribution in [0.25, 0.3) is 88.7 Å². The molecule has 0 unspecified atom stereocenters. The maximum absolute atomic E-state index is 6.76. The summed E-state index contributed by atoms with van der Waals surface area (Å²) < 4.78 is 13.3. The molecule has 0 atom stereocenters. The average Bonchev–Trinajstić information content (AvgIpc) is 3.94. The number of aliphatic imine (C=N–C) groups is 1. The number of hydrogen-bond donors (Lipinski definition) is 0. The number of aromatic nitrogens is 3. The third-order valence-corrected chi connectivity index (χ3v) is 12.8. The predicted octanol–water partition coefficient (Wildman–Crippen LogP) is 14.8. The van der Waals surface area contributed by atoms with E-state index in [0.29, 0.717) is 11.5 Å². The van der Waals surface area contributed by atoms with Gasteiger partial charge >= 0.3 is 0 Å². The molecule has 0 radical (unpaired) electrons. The van der Waals surface area contributed by atoms with Crippen LogP contribution in [0, 0.1) is 18.5 Å². The van der Waals surface area contributed by atoms with Gasteiger partial charge in [0.05, 0.1) is 22.4 Å². The van der Waals surface area contributed by atoms with Crippen LogP contribution >= 0.6 is 0 Å². The Kier molecular flexibility index (Phi) is 10.3. The molecule has 0 saturated carbocycles. The van der Waals surface area contributed by atoms with E-state index in [2.05, 4.69) is 238 Å². The van der Waals surface area contributed by atoms with Gasteiger partial charge < -0.3 is 13.9 Å². The molecule has 3 heterocycles. The Morgan fingerprint density at radius 3 is 1.69 bits per heavy atom. The van der Waals surface area contributed by atoms with Gasteiger partial charge in [-0.3, -0.25) is 4.57 Å². The molecule has 2 aromatic heterocycles. The molecule has 1 aliphatic heterocycles. The van der Waals surface area contributed by atoms with Gasteiger partial charge in [0.1, 0.15) is 5.84 Å². The van der Waals surface area contributed by atoms with Crippen molar-refractivity contribution in [2.45, 2.75) is 0 Å². The predicted molar refractivity (Wildman–Crippen MR) is 271 cm³/mol. The molecule has 0 saturated heterocycles. The van der Waals surface area contributed by atoms with Crippen LogP contribution in [0.4, 0.5) is 5.69 Å². The molecule has 0 fully saturated rings. The van der Waals surface area contributed by atoms with Gasteiger partial charge in [0.2, 0.25) is 0 Å². The molecule has 6 heteroatoms. The van der Waals surface area contributed by atoms with Crippen LogP contribution in [0.3, 0.4) is 0 Å². The summed E-state index contributed by atoms with van der Waals surface area (Å²) in [6.07, 6.45) is 3.77. The number of para-hydroxylation sites is 5. The quantitative estimate of drug-likeness (QED) is 0.121. The van der Waals surface area contributed by atoms with Gasteiger partial charge in [-0.05, 0) is 62.2 Å². The minimum Gasteiger partial charge on any atom is -0.510 e. The van der Waals surface area contributed by atoms with E-state index in [4.69, 9.17) is 9.73 Å². The summed E-state index contributed by atoms with van der Waals surface area (Å²) in [6.45, 7) is 0. The van der Waals surface area contributed by atoms with Gasteiger partial charge in [0.25, 0.3) is 6.33 Å².